The minimum atomic E-state index is -0.184. The second-order valence-electron chi connectivity index (χ2n) is 8.78. The number of aryl methyl sites for hydroxylation is 1. The topological polar surface area (TPSA) is 106 Å². The molecule has 0 fully saturated rings. The SMILES string of the molecule is CC(NC(=O)c1c[nH]c2ncc(Oc3ccc4c(c3)CCC4N)nc12)C(C)(C)C. The lowest BCUT2D eigenvalue weighted by Crippen LogP contribution is -2.41. The number of nitrogens with two attached hydrogens (primary N) is 1. The van der Waals surface area contributed by atoms with Gasteiger partial charge in [-0.3, -0.25) is 4.79 Å². The van der Waals surface area contributed by atoms with Crippen molar-refractivity contribution in [3.05, 3.63) is 47.3 Å². The fraction of sp³-hybridized carbons (Fsp3) is 0.409. The Morgan fingerprint density at radius 1 is 1.38 bits per heavy atom. The van der Waals surface area contributed by atoms with Crippen molar-refractivity contribution in [3.8, 4) is 11.6 Å². The van der Waals surface area contributed by atoms with E-state index in [2.05, 4.69) is 41.0 Å². The molecule has 1 aliphatic carbocycles. The van der Waals surface area contributed by atoms with Gasteiger partial charge in [0.2, 0.25) is 5.88 Å². The Bertz CT molecular complexity index is 1070. The standard InChI is InChI=1S/C22H27N5O2/c1-12(22(2,3)4)26-21(28)16-10-24-20-19(16)27-18(11-25-20)29-14-6-7-15-13(9-14)5-8-17(15)23/h6-7,9-12,17H,5,8,23H2,1-4H3,(H,24,25)(H,26,28). The molecule has 0 bridgehead atoms. The number of carbonyl (C=O) groups is 1. The molecule has 152 valence electrons. The first-order chi connectivity index (χ1) is 13.7. The number of benzene rings is 1. The zero-order valence-corrected chi connectivity index (χ0v) is 17.2. The predicted octanol–water partition coefficient (Wildman–Crippen LogP) is 3.86. The van der Waals surface area contributed by atoms with Crippen LogP contribution >= 0.6 is 0 Å². The van der Waals surface area contributed by atoms with E-state index in [9.17, 15) is 4.79 Å². The summed E-state index contributed by atoms with van der Waals surface area (Å²) in [7, 11) is 0. The lowest BCUT2D eigenvalue weighted by Gasteiger charge is -2.27. The number of hydrogen-bond acceptors (Lipinski definition) is 5. The Hall–Kier alpha value is -2.93. The van der Waals surface area contributed by atoms with Gasteiger partial charge in [-0.05, 0) is 48.4 Å². The van der Waals surface area contributed by atoms with Crippen LogP contribution in [0.5, 0.6) is 11.6 Å². The van der Waals surface area contributed by atoms with Crippen molar-refractivity contribution in [1.82, 2.24) is 20.3 Å². The fourth-order valence-electron chi connectivity index (χ4n) is 3.40. The molecule has 2 heterocycles. The quantitative estimate of drug-likeness (QED) is 0.624. The second kappa shape index (κ2) is 7.15. The number of amides is 1. The fourth-order valence-corrected chi connectivity index (χ4v) is 3.40. The monoisotopic (exact) mass is 393 g/mol. The highest BCUT2D eigenvalue weighted by Crippen LogP contribution is 2.33. The lowest BCUT2D eigenvalue weighted by molar-refractivity contribution is 0.0911. The number of hydrogen-bond donors (Lipinski definition) is 3. The van der Waals surface area contributed by atoms with Crippen LogP contribution in [0, 0.1) is 5.41 Å². The molecule has 0 saturated carbocycles. The maximum Gasteiger partial charge on any atom is 0.255 e. The maximum atomic E-state index is 12.8. The summed E-state index contributed by atoms with van der Waals surface area (Å²) < 4.78 is 5.93. The molecular weight excluding hydrogens is 366 g/mol. The first-order valence-corrected chi connectivity index (χ1v) is 9.93. The van der Waals surface area contributed by atoms with E-state index >= 15 is 0 Å². The van der Waals surface area contributed by atoms with Crippen LogP contribution in [0.3, 0.4) is 0 Å². The van der Waals surface area contributed by atoms with Crippen LogP contribution in [0.25, 0.3) is 11.2 Å². The van der Waals surface area contributed by atoms with E-state index in [0.29, 0.717) is 28.4 Å². The van der Waals surface area contributed by atoms with Crippen LogP contribution < -0.4 is 15.8 Å². The van der Waals surface area contributed by atoms with Crippen LogP contribution in [-0.2, 0) is 6.42 Å². The zero-order valence-electron chi connectivity index (χ0n) is 17.2. The molecule has 1 aromatic carbocycles. The van der Waals surface area contributed by atoms with E-state index in [1.807, 2.05) is 25.1 Å². The number of fused-ring (bicyclic) bond motifs is 2. The number of ether oxygens (including phenoxy) is 1. The van der Waals surface area contributed by atoms with Crippen molar-refractivity contribution in [2.75, 3.05) is 0 Å². The summed E-state index contributed by atoms with van der Waals surface area (Å²) in [6.07, 6.45) is 5.10. The summed E-state index contributed by atoms with van der Waals surface area (Å²) in [5.74, 6) is 0.850. The van der Waals surface area contributed by atoms with E-state index in [0.717, 1.165) is 12.8 Å². The van der Waals surface area contributed by atoms with Crippen LogP contribution in [0.4, 0.5) is 0 Å². The molecule has 7 heteroatoms. The predicted molar refractivity (Wildman–Crippen MR) is 112 cm³/mol. The van der Waals surface area contributed by atoms with Crippen LogP contribution in [0.1, 0.15) is 61.6 Å². The van der Waals surface area contributed by atoms with Gasteiger partial charge in [-0.1, -0.05) is 26.8 Å². The first kappa shape index (κ1) is 19.4. The van der Waals surface area contributed by atoms with Gasteiger partial charge in [-0.25, -0.2) is 9.97 Å². The highest BCUT2D eigenvalue weighted by atomic mass is 16.5. The molecule has 0 aliphatic heterocycles. The highest BCUT2D eigenvalue weighted by molar-refractivity contribution is 6.04. The van der Waals surface area contributed by atoms with Crippen molar-refractivity contribution < 1.29 is 9.53 Å². The highest BCUT2D eigenvalue weighted by Gasteiger charge is 2.24. The number of aromatic amines is 1. The van der Waals surface area contributed by atoms with E-state index < -0.39 is 0 Å². The van der Waals surface area contributed by atoms with Gasteiger partial charge in [-0.15, -0.1) is 0 Å². The normalized spacial score (nSPS) is 17.2. The second-order valence-corrected chi connectivity index (χ2v) is 8.78. The average molecular weight is 393 g/mol. The summed E-state index contributed by atoms with van der Waals surface area (Å²) in [6, 6.07) is 6.02. The Balaban J connectivity index is 1.58. The molecule has 7 nitrogen and oxygen atoms in total. The molecule has 2 aromatic heterocycles. The van der Waals surface area contributed by atoms with Gasteiger partial charge in [0.1, 0.15) is 11.3 Å². The van der Waals surface area contributed by atoms with Gasteiger partial charge in [0.25, 0.3) is 5.91 Å². The average Bonchev–Trinajstić information content (AvgIpc) is 3.24. The molecule has 1 amide bonds. The zero-order chi connectivity index (χ0) is 20.8. The molecule has 2 atom stereocenters. The van der Waals surface area contributed by atoms with Gasteiger partial charge >= 0.3 is 0 Å². The number of aromatic nitrogens is 3. The van der Waals surface area contributed by atoms with Gasteiger partial charge in [0.05, 0.1) is 11.8 Å². The summed E-state index contributed by atoms with van der Waals surface area (Å²) in [6.45, 7) is 8.25. The lowest BCUT2D eigenvalue weighted by atomic mass is 9.88. The van der Waals surface area contributed by atoms with Gasteiger partial charge in [0.15, 0.2) is 5.65 Å². The number of H-pyrrole nitrogens is 1. The van der Waals surface area contributed by atoms with E-state index in [1.165, 1.54) is 11.1 Å². The molecule has 29 heavy (non-hydrogen) atoms. The Labute approximate surface area is 170 Å². The van der Waals surface area contributed by atoms with Crippen molar-refractivity contribution in [3.63, 3.8) is 0 Å². The number of nitrogens with zero attached hydrogens (tertiary/aromatic N) is 2. The van der Waals surface area contributed by atoms with E-state index in [4.69, 9.17) is 10.5 Å². The third kappa shape index (κ3) is 3.82. The molecule has 2 unspecified atom stereocenters. The molecule has 0 spiro atoms. The van der Waals surface area contributed by atoms with Gasteiger partial charge in [0, 0.05) is 18.3 Å². The van der Waals surface area contributed by atoms with E-state index in [1.54, 1.807) is 12.4 Å². The minimum absolute atomic E-state index is 0.00475. The number of nitrogens with one attached hydrogen (secondary N) is 2. The summed E-state index contributed by atoms with van der Waals surface area (Å²) in [5, 5.41) is 3.04. The van der Waals surface area contributed by atoms with Gasteiger partial charge in [-0.2, -0.15) is 0 Å². The first-order valence-electron chi connectivity index (χ1n) is 9.93. The molecule has 4 N–H and O–H groups in total. The van der Waals surface area contributed by atoms with E-state index in [-0.39, 0.29) is 23.4 Å². The molecule has 1 aliphatic rings. The maximum absolute atomic E-state index is 12.8. The number of carbonyl (C=O) groups excluding carboxylic acids is 1. The molecule has 0 radical (unpaired) electrons. The largest absolute Gasteiger partial charge is 0.437 e. The van der Waals surface area contributed by atoms with Crippen LogP contribution in [0.2, 0.25) is 0 Å². The molecule has 3 aromatic rings. The summed E-state index contributed by atoms with van der Waals surface area (Å²) in [4.78, 5) is 24.6. The summed E-state index contributed by atoms with van der Waals surface area (Å²) in [5.41, 5.74) is 9.93. The van der Waals surface area contributed by atoms with Crippen molar-refractivity contribution in [2.24, 2.45) is 11.1 Å². The Morgan fingerprint density at radius 3 is 2.93 bits per heavy atom. The van der Waals surface area contributed by atoms with Crippen LogP contribution in [-0.4, -0.2) is 26.9 Å². The third-order valence-corrected chi connectivity index (χ3v) is 5.71. The summed E-state index contributed by atoms with van der Waals surface area (Å²) >= 11 is 0. The van der Waals surface area contributed by atoms with Crippen molar-refractivity contribution in [1.29, 1.82) is 0 Å². The van der Waals surface area contributed by atoms with Crippen molar-refractivity contribution >= 4 is 17.1 Å². The molecular formula is C22H27N5O2. The third-order valence-electron chi connectivity index (χ3n) is 5.71. The minimum Gasteiger partial charge on any atom is -0.437 e. The molecule has 0 saturated heterocycles. The van der Waals surface area contributed by atoms with Crippen molar-refractivity contribution in [2.45, 2.75) is 52.6 Å². The number of rotatable bonds is 4. The smallest absolute Gasteiger partial charge is 0.255 e. The molecule has 4 rings (SSSR count). The van der Waals surface area contributed by atoms with Crippen LogP contribution in [0.15, 0.2) is 30.6 Å². The van der Waals surface area contributed by atoms with Gasteiger partial charge < -0.3 is 20.8 Å². The Kier molecular flexibility index (Phi) is 4.78. The Morgan fingerprint density at radius 2 is 2.17 bits per heavy atom.